The van der Waals surface area contributed by atoms with Crippen LogP contribution in [0, 0.1) is 11.8 Å². The van der Waals surface area contributed by atoms with Gasteiger partial charge in [-0.15, -0.1) is 0 Å². The number of ether oxygens (including phenoxy) is 1. The summed E-state index contributed by atoms with van der Waals surface area (Å²) in [5.41, 5.74) is 7.71. The predicted molar refractivity (Wildman–Crippen MR) is 88.5 cm³/mol. The van der Waals surface area contributed by atoms with E-state index in [0.29, 0.717) is 0 Å². The van der Waals surface area contributed by atoms with E-state index in [1.54, 1.807) is 7.11 Å². The number of hydrogen-bond acceptors (Lipinski definition) is 3. The molecule has 1 aliphatic heterocycles. The van der Waals surface area contributed by atoms with Crippen LogP contribution >= 0.6 is 0 Å². The zero-order chi connectivity index (χ0) is 15.4. The van der Waals surface area contributed by atoms with Crippen LogP contribution in [-0.2, 0) is 0 Å². The summed E-state index contributed by atoms with van der Waals surface area (Å²) in [7, 11) is 1.74. The normalized spacial score (nSPS) is 22.5. The first-order valence-corrected chi connectivity index (χ1v) is 8.21. The van der Waals surface area contributed by atoms with Gasteiger partial charge in [0.25, 0.3) is 0 Å². The van der Waals surface area contributed by atoms with Crippen molar-refractivity contribution >= 4 is 0 Å². The minimum Gasteiger partial charge on any atom is -0.496 e. The molecular weight excluding hydrogens is 260 g/mol. The van der Waals surface area contributed by atoms with E-state index < -0.39 is 0 Å². The van der Waals surface area contributed by atoms with Crippen LogP contribution in [0.4, 0.5) is 0 Å². The van der Waals surface area contributed by atoms with Crippen LogP contribution in [0.25, 0.3) is 0 Å². The van der Waals surface area contributed by atoms with E-state index in [0.717, 1.165) is 37.1 Å². The van der Waals surface area contributed by atoms with E-state index in [1.165, 1.54) is 12.0 Å². The number of nitrogens with zero attached hydrogens (tertiary/aromatic N) is 1. The highest BCUT2D eigenvalue weighted by molar-refractivity contribution is 5.37. The Hall–Kier alpha value is -1.06. The average molecular weight is 290 g/mol. The van der Waals surface area contributed by atoms with Gasteiger partial charge in [0.15, 0.2) is 0 Å². The van der Waals surface area contributed by atoms with Crippen molar-refractivity contribution in [1.82, 2.24) is 4.90 Å². The summed E-state index contributed by atoms with van der Waals surface area (Å²) >= 11 is 0. The van der Waals surface area contributed by atoms with Gasteiger partial charge in [0, 0.05) is 18.2 Å². The van der Waals surface area contributed by atoms with Crippen LogP contribution in [0.5, 0.6) is 5.75 Å². The van der Waals surface area contributed by atoms with Gasteiger partial charge in [0.2, 0.25) is 0 Å². The smallest absolute Gasteiger partial charge is 0.123 e. The highest BCUT2D eigenvalue weighted by atomic mass is 16.5. The second-order valence-electron chi connectivity index (χ2n) is 6.55. The van der Waals surface area contributed by atoms with Gasteiger partial charge in [0.05, 0.1) is 13.2 Å². The number of benzene rings is 1. The van der Waals surface area contributed by atoms with Crippen LogP contribution in [0.3, 0.4) is 0 Å². The van der Waals surface area contributed by atoms with Crippen LogP contribution in [-0.4, -0.2) is 31.1 Å². The molecule has 0 aromatic heterocycles. The fourth-order valence-electron chi connectivity index (χ4n) is 3.44. The zero-order valence-electron chi connectivity index (χ0n) is 13.9. The van der Waals surface area contributed by atoms with Gasteiger partial charge < -0.3 is 10.5 Å². The van der Waals surface area contributed by atoms with Crippen LogP contribution in [0.1, 0.15) is 45.2 Å². The van der Waals surface area contributed by atoms with E-state index >= 15 is 0 Å². The molecule has 118 valence electrons. The molecule has 1 aromatic carbocycles. The van der Waals surface area contributed by atoms with Crippen LogP contribution in [0.2, 0.25) is 0 Å². The monoisotopic (exact) mass is 290 g/mol. The van der Waals surface area contributed by atoms with Crippen molar-refractivity contribution in [3.8, 4) is 5.75 Å². The SMILES string of the molecule is CCC(N)C(c1ccccc1OC)N1CCC(C(C)C)C1. The lowest BCUT2D eigenvalue weighted by Crippen LogP contribution is -2.40. The summed E-state index contributed by atoms with van der Waals surface area (Å²) < 4.78 is 5.57. The van der Waals surface area contributed by atoms with E-state index in [1.807, 2.05) is 12.1 Å². The molecule has 0 radical (unpaired) electrons. The summed E-state index contributed by atoms with van der Waals surface area (Å²) in [5.74, 6) is 2.48. The molecule has 3 nitrogen and oxygen atoms in total. The van der Waals surface area contributed by atoms with Crippen molar-refractivity contribution in [3.05, 3.63) is 29.8 Å². The Bertz CT molecular complexity index is 447. The maximum atomic E-state index is 6.48. The molecule has 1 aliphatic rings. The molecule has 0 saturated carbocycles. The standard InChI is InChI=1S/C18H30N2O/c1-5-16(19)18(15-8-6-7-9-17(15)21-4)20-11-10-14(12-20)13(2)3/h6-9,13-14,16,18H,5,10-12,19H2,1-4H3. The number of para-hydroxylation sites is 1. The van der Waals surface area contributed by atoms with Gasteiger partial charge in [-0.05, 0) is 37.3 Å². The molecule has 1 fully saturated rings. The summed E-state index contributed by atoms with van der Waals surface area (Å²) in [6, 6.07) is 8.73. The van der Waals surface area contributed by atoms with Crippen molar-refractivity contribution in [2.24, 2.45) is 17.6 Å². The lowest BCUT2D eigenvalue weighted by molar-refractivity contribution is 0.191. The van der Waals surface area contributed by atoms with Crippen molar-refractivity contribution in [1.29, 1.82) is 0 Å². The third-order valence-corrected chi connectivity index (χ3v) is 4.93. The fraction of sp³-hybridized carbons (Fsp3) is 0.667. The maximum absolute atomic E-state index is 6.48. The van der Waals surface area contributed by atoms with E-state index in [2.05, 4.69) is 37.8 Å². The molecule has 1 aromatic rings. The maximum Gasteiger partial charge on any atom is 0.123 e. The topological polar surface area (TPSA) is 38.5 Å². The third-order valence-electron chi connectivity index (χ3n) is 4.93. The minimum atomic E-state index is 0.146. The summed E-state index contributed by atoms with van der Waals surface area (Å²) in [6.07, 6.45) is 2.26. The van der Waals surface area contributed by atoms with Crippen molar-refractivity contribution in [2.75, 3.05) is 20.2 Å². The molecule has 3 atom stereocenters. The summed E-state index contributed by atoms with van der Waals surface area (Å²) in [6.45, 7) is 9.11. The van der Waals surface area contributed by atoms with Gasteiger partial charge in [-0.1, -0.05) is 39.0 Å². The number of hydrogen-bond donors (Lipinski definition) is 1. The van der Waals surface area contributed by atoms with Crippen molar-refractivity contribution < 1.29 is 4.74 Å². The second kappa shape index (κ2) is 7.28. The predicted octanol–water partition coefficient (Wildman–Crippen LogP) is 3.45. The minimum absolute atomic E-state index is 0.146. The molecule has 2 N–H and O–H groups in total. The second-order valence-corrected chi connectivity index (χ2v) is 6.55. The molecule has 3 heteroatoms. The summed E-state index contributed by atoms with van der Waals surface area (Å²) in [5, 5.41) is 0. The average Bonchev–Trinajstić information content (AvgIpc) is 2.97. The molecule has 1 heterocycles. The quantitative estimate of drug-likeness (QED) is 0.872. The Balaban J connectivity index is 2.27. The molecule has 3 unspecified atom stereocenters. The van der Waals surface area contributed by atoms with Crippen molar-refractivity contribution in [3.63, 3.8) is 0 Å². The Morgan fingerprint density at radius 2 is 2.05 bits per heavy atom. The van der Waals surface area contributed by atoms with Gasteiger partial charge in [0.1, 0.15) is 5.75 Å². The lowest BCUT2D eigenvalue weighted by atomic mass is 9.94. The molecule has 0 aliphatic carbocycles. The first-order valence-electron chi connectivity index (χ1n) is 8.21. The number of rotatable bonds is 6. The molecular formula is C18H30N2O. The third kappa shape index (κ3) is 3.58. The Kier molecular flexibility index (Phi) is 5.65. The number of methoxy groups -OCH3 is 1. The largest absolute Gasteiger partial charge is 0.496 e. The fourth-order valence-corrected chi connectivity index (χ4v) is 3.44. The molecule has 0 bridgehead atoms. The first-order chi connectivity index (χ1) is 10.1. The number of likely N-dealkylation sites (tertiary alicyclic amines) is 1. The molecule has 21 heavy (non-hydrogen) atoms. The zero-order valence-corrected chi connectivity index (χ0v) is 13.9. The van der Waals surface area contributed by atoms with Gasteiger partial charge >= 0.3 is 0 Å². The summed E-state index contributed by atoms with van der Waals surface area (Å²) in [4.78, 5) is 2.57. The van der Waals surface area contributed by atoms with Crippen LogP contribution in [0.15, 0.2) is 24.3 Å². The number of nitrogens with two attached hydrogens (primary N) is 1. The molecule has 2 rings (SSSR count). The highest BCUT2D eigenvalue weighted by Gasteiger charge is 2.34. The van der Waals surface area contributed by atoms with E-state index in [4.69, 9.17) is 10.5 Å². The first kappa shape index (κ1) is 16.3. The van der Waals surface area contributed by atoms with Crippen LogP contribution < -0.4 is 10.5 Å². The lowest BCUT2D eigenvalue weighted by Gasteiger charge is -2.34. The molecule has 1 saturated heterocycles. The van der Waals surface area contributed by atoms with E-state index in [9.17, 15) is 0 Å². The van der Waals surface area contributed by atoms with E-state index in [-0.39, 0.29) is 12.1 Å². The Morgan fingerprint density at radius 3 is 2.62 bits per heavy atom. The molecule has 0 spiro atoms. The highest BCUT2D eigenvalue weighted by Crippen LogP contribution is 2.36. The van der Waals surface area contributed by atoms with Gasteiger partial charge in [-0.2, -0.15) is 0 Å². The van der Waals surface area contributed by atoms with Gasteiger partial charge in [-0.3, -0.25) is 4.90 Å². The Labute approximate surface area is 129 Å². The molecule has 0 amide bonds. The Morgan fingerprint density at radius 1 is 1.33 bits per heavy atom. The van der Waals surface area contributed by atoms with Crippen molar-refractivity contribution in [2.45, 2.75) is 45.7 Å². The van der Waals surface area contributed by atoms with Gasteiger partial charge in [-0.25, -0.2) is 0 Å².